The fraction of sp³-hybridized carbons (Fsp3) is 0.327. The van der Waals surface area contributed by atoms with E-state index in [9.17, 15) is 14.4 Å². The van der Waals surface area contributed by atoms with Crippen LogP contribution in [0.4, 0.5) is 4.79 Å². The Morgan fingerprint density at radius 3 is 2.00 bits per heavy atom. The van der Waals surface area contributed by atoms with Crippen molar-refractivity contribution in [1.82, 2.24) is 35.1 Å². The summed E-state index contributed by atoms with van der Waals surface area (Å²) in [5.41, 5.74) is 7.38. The van der Waals surface area contributed by atoms with Crippen molar-refractivity contribution in [3.8, 4) is 23.1 Å². The van der Waals surface area contributed by atoms with Gasteiger partial charge in [-0.3, -0.25) is 9.59 Å². The van der Waals surface area contributed by atoms with Crippen molar-refractivity contribution in [3.05, 3.63) is 143 Å². The number of H-pyrrole nitrogens is 2. The van der Waals surface area contributed by atoms with Gasteiger partial charge >= 0.3 is 6.09 Å². The molecule has 2 aliphatic heterocycles. The molecule has 4 fully saturated rings. The molecule has 11 heteroatoms. The first-order valence-electron chi connectivity index (χ1n) is 20.9. The average molecular weight is 798 g/mol. The molecule has 3 amide bonds. The number of fused-ring (bicyclic) bond motifs is 1. The Labute approximate surface area is 349 Å². The molecule has 0 bridgehead atoms. The lowest BCUT2D eigenvalue weighted by Crippen LogP contribution is -2.43. The van der Waals surface area contributed by atoms with Crippen LogP contribution >= 0.6 is 0 Å². The molecule has 2 saturated carbocycles. The predicted molar refractivity (Wildman–Crippen MR) is 227 cm³/mol. The van der Waals surface area contributed by atoms with Crippen LogP contribution in [-0.4, -0.2) is 67.8 Å². The lowest BCUT2D eigenvalue weighted by atomic mass is 9.99. The van der Waals surface area contributed by atoms with Crippen LogP contribution < -0.4 is 5.32 Å². The number of carbonyl (C=O) groups is 3. The number of aromatic amines is 2. The maximum atomic E-state index is 14.2. The lowest BCUT2D eigenvalue weighted by molar-refractivity contribution is -0.135. The molecule has 6 aromatic rings. The molecule has 2 saturated heterocycles. The number of rotatable bonds is 8. The molecular weight excluding hydrogens is 751 g/mol. The standard InChI is InChI=1S/C49H47N7O4/c1-31(34-9-5-3-6-10-34)45(57)55-29-49(23-24-49)27-41(55)44-51-37-20-17-33(25-38(37)52-44)14-13-32-15-18-35(19-16-32)39-28-50-43(53-39)40-26-48(21-22-48)30-56(40)46(58)42(54-47(59)60-2)36-11-7-4-8-12-36/h3-12,15-20,25,28,31,40-42H,21-24,26-27,29-30H2,1-2H3,(H,50,53)(H,51,52)(H,54,59)/t31-,40-,41-,42+/m0/s1. The number of nitrogens with one attached hydrogen (secondary N) is 3. The number of imidazole rings is 2. The number of hydrogen-bond donors (Lipinski definition) is 3. The number of methoxy groups -OCH3 is 1. The van der Waals surface area contributed by atoms with Crippen LogP contribution in [0.15, 0.2) is 109 Å². The van der Waals surface area contributed by atoms with Crippen LogP contribution in [0.5, 0.6) is 0 Å². The van der Waals surface area contributed by atoms with Crippen molar-refractivity contribution in [2.24, 2.45) is 10.8 Å². The topological polar surface area (TPSA) is 136 Å². The van der Waals surface area contributed by atoms with E-state index in [1.807, 2.05) is 121 Å². The molecule has 2 aliphatic carbocycles. The van der Waals surface area contributed by atoms with E-state index in [-0.39, 0.29) is 40.6 Å². The van der Waals surface area contributed by atoms with Gasteiger partial charge in [0.2, 0.25) is 5.91 Å². The molecule has 3 N–H and O–H groups in total. The van der Waals surface area contributed by atoms with Crippen LogP contribution in [0.1, 0.15) is 103 Å². The van der Waals surface area contributed by atoms with Crippen LogP contribution in [0.2, 0.25) is 0 Å². The van der Waals surface area contributed by atoms with E-state index in [1.165, 1.54) is 7.11 Å². The number of amides is 3. The summed E-state index contributed by atoms with van der Waals surface area (Å²) in [5.74, 6) is 7.98. The van der Waals surface area contributed by atoms with Gasteiger partial charge in [-0.15, -0.1) is 0 Å². The summed E-state index contributed by atoms with van der Waals surface area (Å²) in [6.45, 7) is 3.41. The number of hydrogen-bond acceptors (Lipinski definition) is 6. The van der Waals surface area contributed by atoms with Crippen molar-refractivity contribution in [1.29, 1.82) is 0 Å². The minimum atomic E-state index is -0.874. The average Bonchev–Trinajstić information content (AvgIpc) is 3.90. The first kappa shape index (κ1) is 37.6. The molecule has 4 heterocycles. The van der Waals surface area contributed by atoms with Crippen molar-refractivity contribution >= 4 is 28.9 Å². The van der Waals surface area contributed by atoms with Gasteiger partial charge < -0.3 is 29.8 Å². The quantitative estimate of drug-likeness (QED) is 0.133. The summed E-state index contributed by atoms with van der Waals surface area (Å²) in [6.07, 6.45) is 7.38. The molecule has 0 radical (unpaired) electrons. The Bertz CT molecular complexity index is 2650. The number of alkyl carbamates (subject to hydrolysis) is 1. The van der Waals surface area contributed by atoms with Crippen LogP contribution in [0.3, 0.4) is 0 Å². The summed E-state index contributed by atoms with van der Waals surface area (Å²) in [4.78, 5) is 61.2. The summed E-state index contributed by atoms with van der Waals surface area (Å²) >= 11 is 0. The van der Waals surface area contributed by atoms with E-state index < -0.39 is 12.1 Å². The van der Waals surface area contributed by atoms with E-state index in [0.29, 0.717) is 12.1 Å². The normalized spacial score (nSPS) is 20.4. The van der Waals surface area contributed by atoms with Crippen molar-refractivity contribution in [3.63, 3.8) is 0 Å². The van der Waals surface area contributed by atoms with Crippen molar-refractivity contribution in [2.75, 3.05) is 20.2 Å². The minimum Gasteiger partial charge on any atom is -0.453 e. The van der Waals surface area contributed by atoms with E-state index in [4.69, 9.17) is 14.7 Å². The van der Waals surface area contributed by atoms with Crippen molar-refractivity contribution < 1.29 is 19.1 Å². The zero-order valence-corrected chi connectivity index (χ0v) is 33.8. The SMILES string of the molecule is COC(=O)N[C@@H](C(=O)N1CC2(CC2)C[C@H]1c1ncc(-c2ccc(C#Cc3ccc4nc([C@@H]5CC6(CC6)CN5C(=O)[C@@H](C)c5ccccc5)[nH]c4c3)cc2)[nH]1)c1ccccc1. The van der Waals surface area contributed by atoms with Gasteiger partial charge in [-0.1, -0.05) is 84.6 Å². The molecular formula is C49H47N7O4. The van der Waals surface area contributed by atoms with Gasteiger partial charge in [0, 0.05) is 24.2 Å². The molecule has 4 aliphatic rings. The Balaban J connectivity index is 0.836. The van der Waals surface area contributed by atoms with Gasteiger partial charge in [-0.05, 0) is 103 Å². The number of nitrogens with zero attached hydrogens (tertiary/aromatic N) is 4. The van der Waals surface area contributed by atoms with Gasteiger partial charge in [0.1, 0.15) is 17.7 Å². The molecule has 60 heavy (non-hydrogen) atoms. The second-order valence-electron chi connectivity index (χ2n) is 17.3. The highest BCUT2D eigenvalue weighted by Gasteiger charge is 2.56. The van der Waals surface area contributed by atoms with E-state index >= 15 is 0 Å². The van der Waals surface area contributed by atoms with Crippen LogP contribution in [-0.2, 0) is 14.3 Å². The second-order valence-corrected chi connectivity index (χ2v) is 17.3. The fourth-order valence-corrected chi connectivity index (χ4v) is 9.35. The smallest absolute Gasteiger partial charge is 0.407 e. The van der Waals surface area contributed by atoms with Crippen LogP contribution in [0.25, 0.3) is 22.3 Å². The molecule has 4 aromatic carbocycles. The third kappa shape index (κ3) is 7.21. The Morgan fingerprint density at radius 2 is 1.35 bits per heavy atom. The van der Waals surface area contributed by atoms with Gasteiger partial charge in [0.15, 0.2) is 0 Å². The van der Waals surface area contributed by atoms with Gasteiger partial charge in [0.05, 0.1) is 48.0 Å². The largest absolute Gasteiger partial charge is 0.453 e. The Hall–Kier alpha value is -6.67. The fourth-order valence-electron chi connectivity index (χ4n) is 9.35. The van der Waals surface area contributed by atoms with E-state index in [1.54, 1.807) is 0 Å². The van der Waals surface area contributed by atoms with Crippen molar-refractivity contribution in [2.45, 2.75) is 69.5 Å². The van der Waals surface area contributed by atoms with Gasteiger partial charge in [-0.2, -0.15) is 0 Å². The van der Waals surface area contributed by atoms with E-state index in [2.05, 4.69) is 32.0 Å². The number of benzene rings is 4. The Morgan fingerprint density at radius 1 is 0.750 bits per heavy atom. The number of carbonyl (C=O) groups excluding carboxylic acids is 3. The third-order valence-corrected chi connectivity index (χ3v) is 13.3. The molecule has 0 unspecified atom stereocenters. The Kier molecular flexibility index (Phi) is 9.31. The summed E-state index contributed by atoms with van der Waals surface area (Å²) in [6, 6.07) is 32.2. The van der Waals surface area contributed by atoms with E-state index in [0.717, 1.165) is 95.7 Å². The molecule has 4 atom stereocenters. The zero-order valence-electron chi connectivity index (χ0n) is 33.8. The maximum Gasteiger partial charge on any atom is 0.407 e. The maximum absolute atomic E-state index is 14.2. The van der Waals surface area contributed by atoms with Gasteiger partial charge in [0.25, 0.3) is 5.91 Å². The highest BCUT2D eigenvalue weighted by molar-refractivity contribution is 5.88. The highest BCUT2D eigenvalue weighted by atomic mass is 16.5. The lowest BCUT2D eigenvalue weighted by Gasteiger charge is -2.28. The predicted octanol–water partition coefficient (Wildman–Crippen LogP) is 8.36. The monoisotopic (exact) mass is 797 g/mol. The van der Waals surface area contributed by atoms with Crippen LogP contribution in [0, 0.1) is 22.7 Å². The first-order valence-corrected chi connectivity index (χ1v) is 20.9. The summed E-state index contributed by atoms with van der Waals surface area (Å²) < 4.78 is 4.88. The second kappa shape index (κ2) is 14.9. The molecule has 2 spiro atoms. The molecule has 302 valence electrons. The van der Waals surface area contributed by atoms with Gasteiger partial charge in [-0.25, -0.2) is 14.8 Å². The number of aromatic nitrogens is 4. The summed E-state index contributed by atoms with van der Waals surface area (Å²) in [7, 11) is 1.30. The molecule has 11 nitrogen and oxygen atoms in total. The minimum absolute atomic E-state index is 0.0747. The first-order chi connectivity index (χ1) is 29.2. The molecule has 2 aromatic heterocycles. The zero-order chi connectivity index (χ0) is 41.0. The molecule has 10 rings (SSSR count). The summed E-state index contributed by atoms with van der Waals surface area (Å²) in [5, 5.41) is 2.76. The highest BCUT2D eigenvalue weighted by Crippen LogP contribution is 2.59. The third-order valence-electron chi connectivity index (χ3n) is 13.3. The number of ether oxygens (including phenoxy) is 1. The number of likely N-dealkylation sites (tertiary alicyclic amines) is 2.